The monoisotopic (exact) mass is 359 g/mol. The summed E-state index contributed by atoms with van der Waals surface area (Å²) in [4.78, 5) is 27.0. The number of amides is 2. The number of benzene rings is 1. The number of carbonyl (C=O) groups excluding carboxylic acids is 2. The minimum atomic E-state index is -0.105. The van der Waals surface area contributed by atoms with E-state index in [1.165, 1.54) is 6.42 Å². The van der Waals surface area contributed by atoms with Gasteiger partial charge in [-0.25, -0.2) is 0 Å². The number of nitrogens with one attached hydrogen (secondary N) is 2. The van der Waals surface area contributed by atoms with Gasteiger partial charge in [-0.15, -0.1) is 0 Å². The highest BCUT2D eigenvalue weighted by Crippen LogP contribution is 2.25. The Balaban J connectivity index is 1.47. The van der Waals surface area contributed by atoms with Crippen molar-refractivity contribution >= 4 is 17.5 Å². The average molecular weight is 359 g/mol. The summed E-state index contributed by atoms with van der Waals surface area (Å²) in [6.07, 6.45) is 5.42. The topological polar surface area (TPSA) is 70.7 Å². The van der Waals surface area contributed by atoms with E-state index < -0.39 is 0 Å². The Bertz CT molecular complexity index is 608. The van der Waals surface area contributed by atoms with Crippen molar-refractivity contribution in [2.24, 2.45) is 5.92 Å². The third-order valence-corrected chi connectivity index (χ3v) is 5.19. The second-order valence-corrected chi connectivity index (χ2v) is 7.11. The number of carbonyl (C=O) groups is 2. The molecule has 6 heteroatoms. The zero-order valence-corrected chi connectivity index (χ0v) is 15.3. The average Bonchev–Trinajstić information content (AvgIpc) is 2.69. The molecule has 1 aromatic carbocycles. The first-order chi connectivity index (χ1) is 12.7. The van der Waals surface area contributed by atoms with E-state index in [0.29, 0.717) is 17.8 Å². The minimum absolute atomic E-state index is 0.0783. The van der Waals surface area contributed by atoms with Crippen LogP contribution in [0.25, 0.3) is 0 Å². The summed E-state index contributed by atoms with van der Waals surface area (Å²) < 4.78 is 5.32. The molecule has 0 spiro atoms. The van der Waals surface area contributed by atoms with Crippen LogP contribution in [0.5, 0.6) is 0 Å². The van der Waals surface area contributed by atoms with Crippen LogP contribution in [0.2, 0.25) is 0 Å². The van der Waals surface area contributed by atoms with E-state index in [9.17, 15) is 9.59 Å². The molecular weight excluding hydrogens is 330 g/mol. The van der Waals surface area contributed by atoms with Gasteiger partial charge in [-0.3, -0.25) is 14.5 Å². The predicted octanol–water partition coefficient (Wildman–Crippen LogP) is 2.27. The summed E-state index contributed by atoms with van der Waals surface area (Å²) in [6.45, 7) is 4.79. The highest BCUT2D eigenvalue weighted by atomic mass is 16.5. The van der Waals surface area contributed by atoms with Gasteiger partial charge >= 0.3 is 0 Å². The molecule has 1 aliphatic carbocycles. The van der Waals surface area contributed by atoms with Crippen LogP contribution in [-0.4, -0.2) is 56.1 Å². The Labute approximate surface area is 155 Å². The van der Waals surface area contributed by atoms with E-state index in [4.69, 9.17) is 4.74 Å². The molecule has 1 heterocycles. The number of hydrogen-bond acceptors (Lipinski definition) is 4. The number of hydrogen-bond donors (Lipinski definition) is 2. The lowest BCUT2D eigenvalue weighted by molar-refractivity contribution is -0.120. The van der Waals surface area contributed by atoms with Crippen LogP contribution in [0.4, 0.5) is 5.69 Å². The van der Waals surface area contributed by atoms with Crippen LogP contribution in [0, 0.1) is 5.92 Å². The van der Waals surface area contributed by atoms with E-state index in [0.717, 1.165) is 58.5 Å². The second-order valence-electron chi connectivity index (χ2n) is 7.11. The first-order valence-corrected chi connectivity index (χ1v) is 9.71. The fourth-order valence-corrected chi connectivity index (χ4v) is 3.60. The number of rotatable bonds is 6. The van der Waals surface area contributed by atoms with Crippen molar-refractivity contribution in [1.29, 1.82) is 0 Å². The molecule has 0 radical (unpaired) electrons. The number of morpholine rings is 1. The molecule has 3 rings (SSSR count). The molecular formula is C20H29N3O3. The summed E-state index contributed by atoms with van der Waals surface area (Å²) >= 11 is 0. The second kappa shape index (κ2) is 9.69. The molecule has 1 aromatic rings. The lowest BCUT2D eigenvalue weighted by Gasteiger charge is -2.26. The molecule has 6 nitrogen and oxygen atoms in total. The highest BCUT2D eigenvalue weighted by molar-refractivity contribution is 5.97. The zero-order valence-electron chi connectivity index (χ0n) is 15.3. The summed E-state index contributed by atoms with van der Waals surface area (Å²) in [5, 5.41) is 5.93. The summed E-state index contributed by atoms with van der Waals surface area (Å²) in [5.41, 5.74) is 1.27. The van der Waals surface area contributed by atoms with Crippen LogP contribution in [-0.2, 0) is 9.53 Å². The smallest absolute Gasteiger partial charge is 0.251 e. The number of ether oxygens (including phenoxy) is 1. The molecule has 2 fully saturated rings. The highest BCUT2D eigenvalue weighted by Gasteiger charge is 2.21. The van der Waals surface area contributed by atoms with Gasteiger partial charge in [0.1, 0.15) is 0 Å². The van der Waals surface area contributed by atoms with E-state index in [2.05, 4.69) is 15.5 Å². The van der Waals surface area contributed by atoms with Crippen LogP contribution in [0.3, 0.4) is 0 Å². The summed E-state index contributed by atoms with van der Waals surface area (Å²) in [5.74, 6) is 0.0800. The Morgan fingerprint density at radius 3 is 2.65 bits per heavy atom. The van der Waals surface area contributed by atoms with Crippen molar-refractivity contribution in [3.05, 3.63) is 29.8 Å². The molecule has 1 saturated carbocycles. The lowest BCUT2D eigenvalue weighted by Crippen LogP contribution is -2.41. The Morgan fingerprint density at radius 1 is 1.12 bits per heavy atom. The molecule has 142 valence electrons. The van der Waals surface area contributed by atoms with Crippen LogP contribution in [0.15, 0.2) is 24.3 Å². The van der Waals surface area contributed by atoms with Gasteiger partial charge in [-0.2, -0.15) is 0 Å². The van der Waals surface area contributed by atoms with Crippen LogP contribution < -0.4 is 10.6 Å². The van der Waals surface area contributed by atoms with Gasteiger partial charge < -0.3 is 15.4 Å². The molecule has 1 saturated heterocycles. The van der Waals surface area contributed by atoms with E-state index in [1.54, 1.807) is 12.1 Å². The van der Waals surface area contributed by atoms with E-state index in [1.807, 2.05) is 12.1 Å². The fraction of sp³-hybridized carbons (Fsp3) is 0.600. The maximum absolute atomic E-state index is 12.4. The van der Waals surface area contributed by atoms with Gasteiger partial charge in [-0.05, 0) is 31.0 Å². The normalized spacial score (nSPS) is 19.1. The van der Waals surface area contributed by atoms with Crippen molar-refractivity contribution in [3.8, 4) is 0 Å². The molecule has 0 bridgehead atoms. The minimum Gasteiger partial charge on any atom is -0.379 e. The molecule has 0 atom stereocenters. The lowest BCUT2D eigenvalue weighted by atomic mass is 9.88. The van der Waals surface area contributed by atoms with Crippen molar-refractivity contribution < 1.29 is 14.3 Å². The summed E-state index contributed by atoms with van der Waals surface area (Å²) in [7, 11) is 0. The van der Waals surface area contributed by atoms with Gasteiger partial charge in [0.05, 0.1) is 13.2 Å². The SMILES string of the molecule is O=C(NCCN1CCOCC1)c1cccc(NC(=O)C2CCCCC2)c1. The quantitative estimate of drug-likeness (QED) is 0.817. The number of nitrogens with zero attached hydrogens (tertiary/aromatic N) is 1. The van der Waals surface area contributed by atoms with Crippen molar-refractivity contribution in [2.75, 3.05) is 44.7 Å². The van der Waals surface area contributed by atoms with Gasteiger partial charge in [0.2, 0.25) is 5.91 Å². The van der Waals surface area contributed by atoms with Crippen LogP contribution >= 0.6 is 0 Å². The maximum Gasteiger partial charge on any atom is 0.251 e. The molecule has 1 aliphatic heterocycles. The largest absolute Gasteiger partial charge is 0.379 e. The first-order valence-electron chi connectivity index (χ1n) is 9.71. The Kier molecular flexibility index (Phi) is 7.03. The number of anilines is 1. The maximum atomic E-state index is 12.4. The van der Waals surface area contributed by atoms with Crippen LogP contribution in [0.1, 0.15) is 42.5 Å². The van der Waals surface area contributed by atoms with Gasteiger partial charge in [0, 0.05) is 43.3 Å². The third kappa shape index (κ3) is 5.54. The van der Waals surface area contributed by atoms with Gasteiger partial charge in [0.15, 0.2) is 0 Å². The molecule has 2 N–H and O–H groups in total. The van der Waals surface area contributed by atoms with Gasteiger partial charge in [-0.1, -0.05) is 25.3 Å². The van der Waals surface area contributed by atoms with Crippen molar-refractivity contribution in [1.82, 2.24) is 10.2 Å². The molecule has 26 heavy (non-hydrogen) atoms. The molecule has 0 aromatic heterocycles. The first kappa shape index (κ1) is 18.9. The van der Waals surface area contributed by atoms with Crippen molar-refractivity contribution in [3.63, 3.8) is 0 Å². The van der Waals surface area contributed by atoms with Crippen molar-refractivity contribution in [2.45, 2.75) is 32.1 Å². The standard InChI is InChI=1S/C20H29N3O3/c24-19(21-9-10-23-11-13-26-14-12-23)17-7-4-8-18(15-17)22-20(25)16-5-2-1-3-6-16/h4,7-8,15-16H,1-3,5-6,9-14H2,(H,21,24)(H,22,25). The van der Waals surface area contributed by atoms with Gasteiger partial charge in [0.25, 0.3) is 5.91 Å². The predicted molar refractivity (Wildman–Crippen MR) is 101 cm³/mol. The fourth-order valence-electron chi connectivity index (χ4n) is 3.60. The molecule has 2 aliphatic rings. The van der Waals surface area contributed by atoms with E-state index >= 15 is 0 Å². The zero-order chi connectivity index (χ0) is 18.2. The molecule has 2 amide bonds. The summed E-state index contributed by atoms with van der Waals surface area (Å²) in [6, 6.07) is 7.18. The van der Waals surface area contributed by atoms with E-state index in [-0.39, 0.29) is 17.7 Å². The third-order valence-electron chi connectivity index (χ3n) is 5.19. The Morgan fingerprint density at radius 2 is 1.88 bits per heavy atom. The molecule has 0 unspecified atom stereocenters. The Hall–Kier alpha value is -1.92.